The van der Waals surface area contributed by atoms with Crippen LogP contribution >= 0.6 is 0 Å². The largest absolute Gasteiger partial charge is 0.328 e. The first-order valence-electron chi connectivity index (χ1n) is 7.46. The number of nitrogens with one attached hydrogen (secondary N) is 1. The first-order chi connectivity index (χ1) is 9.65. The maximum Gasteiger partial charge on any atom is 0.225 e. The lowest BCUT2D eigenvalue weighted by Crippen LogP contribution is -2.39. The van der Waals surface area contributed by atoms with Crippen molar-refractivity contribution in [3.63, 3.8) is 0 Å². The quantitative estimate of drug-likeness (QED) is 0.866. The van der Waals surface area contributed by atoms with Gasteiger partial charge < -0.3 is 16.0 Å². The Bertz CT molecular complexity index is 413. The van der Waals surface area contributed by atoms with Gasteiger partial charge in [-0.05, 0) is 44.9 Å². The summed E-state index contributed by atoms with van der Waals surface area (Å²) >= 11 is 0. The van der Waals surface area contributed by atoms with Crippen LogP contribution in [0.15, 0.2) is 30.3 Å². The highest BCUT2D eigenvalue weighted by Crippen LogP contribution is 2.21. The van der Waals surface area contributed by atoms with E-state index in [0.29, 0.717) is 18.5 Å². The Hall–Kier alpha value is -1.39. The van der Waals surface area contributed by atoms with E-state index in [2.05, 4.69) is 17.3 Å². The van der Waals surface area contributed by atoms with Crippen molar-refractivity contribution >= 4 is 11.6 Å². The highest BCUT2D eigenvalue weighted by molar-refractivity contribution is 5.90. The monoisotopic (exact) mass is 275 g/mol. The van der Waals surface area contributed by atoms with Gasteiger partial charge >= 0.3 is 0 Å². The Morgan fingerprint density at radius 2 is 1.90 bits per heavy atom. The molecular weight excluding hydrogens is 250 g/mol. The number of rotatable bonds is 5. The molecule has 4 nitrogen and oxygen atoms in total. The van der Waals surface area contributed by atoms with Gasteiger partial charge in [0.25, 0.3) is 0 Å². The molecule has 0 spiro atoms. The average Bonchev–Trinajstić information content (AvgIpc) is 2.46. The van der Waals surface area contributed by atoms with E-state index >= 15 is 0 Å². The molecule has 0 atom stereocenters. The van der Waals surface area contributed by atoms with Gasteiger partial charge in [-0.2, -0.15) is 0 Å². The van der Waals surface area contributed by atoms with Gasteiger partial charge in [0.15, 0.2) is 0 Å². The van der Waals surface area contributed by atoms with Crippen molar-refractivity contribution < 1.29 is 4.79 Å². The summed E-state index contributed by atoms with van der Waals surface area (Å²) in [7, 11) is 2.11. The van der Waals surface area contributed by atoms with Crippen LogP contribution in [0.3, 0.4) is 0 Å². The van der Waals surface area contributed by atoms with Crippen molar-refractivity contribution in [1.29, 1.82) is 0 Å². The Morgan fingerprint density at radius 3 is 2.55 bits per heavy atom. The summed E-state index contributed by atoms with van der Waals surface area (Å²) in [5.74, 6) is 0.0792. The third-order valence-electron chi connectivity index (χ3n) is 4.11. The number of carbonyl (C=O) groups is 1. The lowest BCUT2D eigenvalue weighted by molar-refractivity contribution is -0.116. The molecule has 0 bridgehead atoms. The van der Waals surface area contributed by atoms with E-state index in [1.165, 1.54) is 0 Å². The zero-order chi connectivity index (χ0) is 14.4. The van der Waals surface area contributed by atoms with Gasteiger partial charge in [0.2, 0.25) is 5.91 Å². The summed E-state index contributed by atoms with van der Waals surface area (Å²) in [4.78, 5) is 14.2. The van der Waals surface area contributed by atoms with E-state index in [9.17, 15) is 4.79 Å². The number of nitrogens with two attached hydrogens (primary N) is 1. The maximum absolute atomic E-state index is 11.9. The zero-order valence-electron chi connectivity index (χ0n) is 12.2. The lowest BCUT2D eigenvalue weighted by Gasteiger charge is -2.33. The predicted octanol–water partition coefficient (Wildman–Crippen LogP) is 2.22. The van der Waals surface area contributed by atoms with Crippen molar-refractivity contribution in [1.82, 2.24) is 4.90 Å². The van der Waals surface area contributed by atoms with Crippen molar-refractivity contribution in [2.24, 2.45) is 5.73 Å². The van der Waals surface area contributed by atoms with E-state index in [4.69, 9.17) is 5.73 Å². The van der Waals surface area contributed by atoms with Crippen LogP contribution in [-0.2, 0) is 4.79 Å². The first kappa shape index (κ1) is 15.0. The highest BCUT2D eigenvalue weighted by atomic mass is 16.1. The molecule has 20 heavy (non-hydrogen) atoms. The fraction of sp³-hybridized carbons (Fsp3) is 0.562. The minimum atomic E-state index is 0.0792. The Labute approximate surface area is 121 Å². The second kappa shape index (κ2) is 7.41. The molecule has 1 aliphatic rings. The lowest BCUT2D eigenvalue weighted by atomic mass is 9.91. The smallest absolute Gasteiger partial charge is 0.225 e. The summed E-state index contributed by atoms with van der Waals surface area (Å²) in [5, 5.41) is 2.92. The van der Waals surface area contributed by atoms with Crippen LogP contribution in [0, 0.1) is 0 Å². The van der Waals surface area contributed by atoms with Crippen LogP contribution in [0.2, 0.25) is 0 Å². The van der Waals surface area contributed by atoms with Crippen LogP contribution < -0.4 is 11.1 Å². The van der Waals surface area contributed by atoms with E-state index < -0.39 is 0 Å². The van der Waals surface area contributed by atoms with Gasteiger partial charge in [0.1, 0.15) is 0 Å². The number of anilines is 1. The molecular formula is C16H25N3O. The fourth-order valence-electron chi connectivity index (χ4n) is 2.75. The second-order valence-corrected chi connectivity index (χ2v) is 5.71. The maximum atomic E-state index is 11.9. The number of nitrogens with zero attached hydrogens (tertiary/aromatic N) is 1. The number of benzene rings is 1. The number of hydrogen-bond donors (Lipinski definition) is 2. The molecule has 110 valence electrons. The number of carbonyl (C=O) groups excluding carboxylic acids is 1. The molecule has 2 rings (SSSR count). The predicted molar refractivity (Wildman–Crippen MR) is 82.6 cm³/mol. The van der Waals surface area contributed by atoms with Crippen LogP contribution in [0.4, 0.5) is 5.69 Å². The zero-order valence-corrected chi connectivity index (χ0v) is 12.2. The first-order valence-corrected chi connectivity index (χ1v) is 7.46. The molecule has 1 aromatic carbocycles. The minimum Gasteiger partial charge on any atom is -0.328 e. The normalized spacial score (nSPS) is 22.8. The van der Waals surface area contributed by atoms with Gasteiger partial charge in [0, 0.05) is 30.7 Å². The molecule has 0 aliphatic heterocycles. The Kier molecular flexibility index (Phi) is 5.56. The SMILES string of the molecule is CN(CCC(=O)Nc1ccccc1)C1CCC(N)CC1. The van der Waals surface area contributed by atoms with E-state index in [0.717, 1.165) is 37.9 Å². The van der Waals surface area contributed by atoms with Crippen LogP contribution in [-0.4, -0.2) is 36.5 Å². The van der Waals surface area contributed by atoms with Crippen LogP contribution in [0.1, 0.15) is 32.1 Å². The number of amides is 1. The number of para-hydroxylation sites is 1. The molecule has 1 saturated carbocycles. The summed E-state index contributed by atoms with van der Waals surface area (Å²) in [6.07, 6.45) is 5.04. The molecule has 1 amide bonds. The van der Waals surface area contributed by atoms with Crippen molar-refractivity contribution in [2.75, 3.05) is 18.9 Å². The molecule has 0 heterocycles. The third kappa shape index (κ3) is 4.62. The standard InChI is InChI=1S/C16H25N3O/c1-19(15-9-7-13(17)8-10-15)12-11-16(20)18-14-5-3-2-4-6-14/h2-6,13,15H,7-12,17H2,1H3,(H,18,20). The van der Waals surface area contributed by atoms with Gasteiger partial charge in [-0.15, -0.1) is 0 Å². The molecule has 0 unspecified atom stereocenters. The Balaban J connectivity index is 1.70. The van der Waals surface area contributed by atoms with Crippen molar-refractivity contribution in [3.8, 4) is 0 Å². The van der Waals surface area contributed by atoms with Crippen LogP contribution in [0.25, 0.3) is 0 Å². The van der Waals surface area contributed by atoms with E-state index in [-0.39, 0.29) is 5.91 Å². The second-order valence-electron chi connectivity index (χ2n) is 5.71. The number of hydrogen-bond acceptors (Lipinski definition) is 3. The van der Waals surface area contributed by atoms with E-state index in [1.54, 1.807) is 0 Å². The molecule has 4 heteroatoms. The summed E-state index contributed by atoms with van der Waals surface area (Å²) in [6.45, 7) is 0.804. The molecule has 1 aliphatic carbocycles. The van der Waals surface area contributed by atoms with E-state index in [1.807, 2.05) is 30.3 Å². The topological polar surface area (TPSA) is 58.4 Å². The van der Waals surface area contributed by atoms with Crippen LogP contribution in [0.5, 0.6) is 0 Å². The summed E-state index contributed by atoms with van der Waals surface area (Å²) < 4.78 is 0. The molecule has 1 fully saturated rings. The van der Waals surface area contributed by atoms with Gasteiger partial charge in [-0.3, -0.25) is 4.79 Å². The molecule has 0 radical (unpaired) electrons. The average molecular weight is 275 g/mol. The third-order valence-corrected chi connectivity index (χ3v) is 4.11. The van der Waals surface area contributed by atoms with Gasteiger partial charge in [-0.25, -0.2) is 0 Å². The molecule has 1 aromatic rings. The highest BCUT2D eigenvalue weighted by Gasteiger charge is 2.21. The molecule has 0 aromatic heterocycles. The molecule has 0 saturated heterocycles. The summed E-state index contributed by atoms with van der Waals surface area (Å²) in [5.41, 5.74) is 6.79. The van der Waals surface area contributed by atoms with Crippen molar-refractivity contribution in [2.45, 2.75) is 44.2 Å². The van der Waals surface area contributed by atoms with Crippen molar-refractivity contribution in [3.05, 3.63) is 30.3 Å². The molecule has 3 N–H and O–H groups in total. The van der Waals surface area contributed by atoms with Gasteiger partial charge in [0.05, 0.1) is 0 Å². The Morgan fingerprint density at radius 1 is 1.25 bits per heavy atom. The fourth-order valence-corrected chi connectivity index (χ4v) is 2.75. The summed E-state index contributed by atoms with van der Waals surface area (Å²) in [6, 6.07) is 10.6. The van der Waals surface area contributed by atoms with Gasteiger partial charge in [-0.1, -0.05) is 18.2 Å². The minimum absolute atomic E-state index is 0.0792.